The van der Waals surface area contributed by atoms with Crippen molar-refractivity contribution in [2.24, 2.45) is 5.73 Å². The van der Waals surface area contributed by atoms with Gasteiger partial charge in [-0.15, -0.1) is 0 Å². The Morgan fingerprint density at radius 3 is 2.78 bits per heavy atom. The van der Waals surface area contributed by atoms with Gasteiger partial charge in [0.1, 0.15) is 0 Å². The van der Waals surface area contributed by atoms with E-state index in [1.807, 2.05) is 24.3 Å². The Hall–Kier alpha value is -1.26. The summed E-state index contributed by atoms with van der Waals surface area (Å²) in [6.45, 7) is 3.45. The molecule has 4 nitrogen and oxygen atoms in total. The molecule has 1 aromatic rings. The minimum atomic E-state index is -0.449. The fourth-order valence-corrected chi connectivity index (χ4v) is 2.22. The van der Waals surface area contributed by atoms with Gasteiger partial charge in [-0.1, -0.05) is 11.6 Å². The lowest BCUT2D eigenvalue weighted by Crippen LogP contribution is -2.44. The van der Waals surface area contributed by atoms with Crippen molar-refractivity contribution in [2.45, 2.75) is 25.4 Å². The molecule has 1 heterocycles. The Labute approximate surface area is 112 Å². The van der Waals surface area contributed by atoms with Gasteiger partial charge in [0.25, 0.3) is 0 Å². The number of anilines is 1. The van der Waals surface area contributed by atoms with Gasteiger partial charge in [0, 0.05) is 29.8 Å². The van der Waals surface area contributed by atoms with Crippen LogP contribution in [0.15, 0.2) is 24.3 Å². The molecule has 1 aromatic carbocycles. The molecule has 0 aromatic heterocycles. The quantitative estimate of drug-likeness (QED) is 0.870. The van der Waals surface area contributed by atoms with Gasteiger partial charge < -0.3 is 16.0 Å². The molecule has 2 unspecified atom stereocenters. The zero-order valence-corrected chi connectivity index (χ0v) is 11.2. The number of halogens is 1. The van der Waals surface area contributed by atoms with Crippen molar-refractivity contribution in [2.75, 3.05) is 18.0 Å². The van der Waals surface area contributed by atoms with Crippen LogP contribution in [0.5, 0.6) is 0 Å². The molecule has 0 saturated carbocycles. The largest absolute Gasteiger partial charge is 0.369 e. The number of hydrogen-bond donors (Lipinski definition) is 2. The molecule has 1 fully saturated rings. The Morgan fingerprint density at radius 2 is 2.17 bits per heavy atom. The number of amides is 1. The molecule has 0 aliphatic carbocycles. The second kappa shape index (κ2) is 5.59. The lowest BCUT2D eigenvalue weighted by molar-refractivity contribution is -0.122. The average molecular weight is 268 g/mol. The van der Waals surface area contributed by atoms with E-state index in [2.05, 4.69) is 10.2 Å². The van der Waals surface area contributed by atoms with E-state index in [1.165, 1.54) is 0 Å². The molecular weight excluding hydrogens is 250 g/mol. The lowest BCUT2D eigenvalue weighted by atomic mass is 10.2. The van der Waals surface area contributed by atoms with Crippen LogP contribution in [0.2, 0.25) is 5.02 Å². The van der Waals surface area contributed by atoms with E-state index in [1.54, 1.807) is 6.92 Å². The van der Waals surface area contributed by atoms with Crippen molar-refractivity contribution >= 4 is 23.2 Å². The third-order valence-corrected chi connectivity index (χ3v) is 3.39. The Morgan fingerprint density at radius 1 is 1.50 bits per heavy atom. The first-order valence-electron chi connectivity index (χ1n) is 6.13. The minimum Gasteiger partial charge on any atom is -0.369 e. The number of nitrogens with one attached hydrogen (secondary N) is 1. The number of hydrogen-bond acceptors (Lipinski definition) is 3. The maximum absolute atomic E-state index is 11.5. The van der Waals surface area contributed by atoms with Gasteiger partial charge in [0.2, 0.25) is 5.91 Å². The predicted octanol–water partition coefficient (Wildman–Crippen LogP) is 1.38. The summed E-state index contributed by atoms with van der Waals surface area (Å²) in [6, 6.07) is 7.49. The van der Waals surface area contributed by atoms with Crippen molar-refractivity contribution in [3.8, 4) is 0 Å². The number of nitrogens with zero attached hydrogens (tertiary/aromatic N) is 1. The number of rotatable bonds is 3. The van der Waals surface area contributed by atoms with Crippen LogP contribution in [0.25, 0.3) is 0 Å². The van der Waals surface area contributed by atoms with E-state index in [0.717, 1.165) is 30.2 Å². The fraction of sp³-hybridized carbons (Fsp3) is 0.462. The molecule has 18 heavy (non-hydrogen) atoms. The molecular formula is C13H18ClN3O. The Kier molecular flexibility index (Phi) is 4.09. The van der Waals surface area contributed by atoms with Crippen molar-refractivity contribution in [1.82, 2.24) is 5.32 Å². The zero-order chi connectivity index (χ0) is 13.1. The second-order valence-corrected chi connectivity index (χ2v) is 5.14. The SMILES string of the molecule is CC(N)C(=O)NC1CCN(c2ccc(Cl)cc2)C1. The maximum atomic E-state index is 11.5. The molecule has 1 amide bonds. The second-order valence-electron chi connectivity index (χ2n) is 4.71. The molecule has 3 N–H and O–H groups in total. The smallest absolute Gasteiger partial charge is 0.236 e. The van der Waals surface area contributed by atoms with Gasteiger partial charge in [-0.25, -0.2) is 0 Å². The van der Waals surface area contributed by atoms with E-state index in [9.17, 15) is 4.79 Å². The van der Waals surface area contributed by atoms with E-state index in [4.69, 9.17) is 17.3 Å². The topological polar surface area (TPSA) is 58.4 Å². The highest BCUT2D eigenvalue weighted by molar-refractivity contribution is 6.30. The van der Waals surface area contributed by atoms with Gasteiger partial charge in [-0.2, -0.15) is 0 Å². The first kappa shape index (κ1) is 13.2. The molecule has 5 heteroatoms. The van der Waals surface area contributed by atoms with Crippen molar-refractivity contribution < 1.29 is 4.79 Å². The summed E-state index contributed by atoms with van der Waals surface area (Å²) in [5.41, 5.74) is 6.67. The third kappa shape index (κ3) is 3.15. The van der Waals surface area contributed by atoms with E-state index >= 15 is 0 Å². The van der Waals surface area contributed by atoms with E-state index < -0.39 is 6.04 Å². The van der Waals surface area contributed by atoms with Crippen LogP contribution < -0.4 is 16.0 Å². The standard InChI is InChI=1S/C13H18ClN3O/c1-9(15)13(18)16-11-6-7-17(8-11)12-4-2-10(14)3-5-12/h2-5,9,11H,6-8,15H2,1H3,(H,16,18). The average Bonchev–Trinajstić information content (AvgIpc) is 2.78. The number of benzene rings is 1. The molecule has 1 aliphatic rings. The van der Waals surface area contributed by atoms with Crippen LogP contribution in [0.1, 0.15) is 13.3 Å². The van der Waals surface area contributed by atoms with Crippen LogP contribution in [0.3, 0.4) is 0 Å². The van der Waals surface area contributed by atoms with Gasteiger partial charge in [-0.3, -0.25) is 4.79 Å². The zero-order valence-electron chi connectivity index (χ0n) is 10.4. The first-order valence-corrected chi connectivity index (χ1v) is 6.50. The van der Waals surface area contributed by atoms with Gasteiger partial charge in [0.15, 0.2) is 0 Å². The highest BCUT2D eigenvalue weighted by Crippen LogP contribution is 2.22. The molecule has 0 radical (unpaired) electrons. The number of carbonyl (C=O) groups excluding carboxylic acids is 1. The lowest BCUT2D eigenvalue weighted by Gasteiger charge is -2.19. The van der Waals surface area contributed by atoms with Crippen LogP contribution in [0, 0.1) is 0 Å². The Balaban J connectivity index is 1.92. The molecule has 98 valence electrons. The molecule has 0 bridgehead atoms. The Bertz CT molecular complexity index is 419. The fourth-order valence-electron chi connectivity index (χ4n) is 2.10. The van der Waals surface area contributed by atoms with Crippen LogP contribution >= 0.6 is 11.6 Å². The minimum absolute atomic E-state index is 0.0852. The molecule has 0 spiro atoms. The summed E-state index contributed by atoms with van der Waals surface area (Å²) in [4.78, 5) is 13.8. The normalized spacial score (nSPS) is 20.8. The summed E-state index contributed by atoms with van der Waals surface area (Å²) in [7, 11) is 0. The van der Waals surface area contributed by atoms with Gasteiger partial charge in [0.05, 0.1) is 6.04 Å². The van der Waals surface area contributed by atoms with Gasteiger partial charge >= 0.3 is 0 Å². The highest BCUT2D eigenvalue weighted by atomic mass is 35.5. The third-order valence-electron chi connectivity index (χ3n) is 3.14. The van der Waals surface area contributed by atoms with E-state index in [0.29, 0.717) is 0 Å². The molecule has 2 rings (SSSR count). The highest BCUT2D eigenvalue weighted by Gasteiger charge is 2.24. The van der Waals surface area contributed by atoms with Crippen LogP contribution in [-0.2, 0) is 4.79 Å². The van der Waals surface area contributed by atoms with Crippen LogP contribution in [-0.4, -0.2) is 31.1 Å². The predicted molar refractivity (Wildman–Crippen MR) is 73.9 cm³/mol. The number of nitrogens with two attached hydrogens (primary N) is 1. The van der Waals surface area contributed by atoms with E-state index in [-0.39, 0.29) is 11.9 Å². The molecule has 1 saturated heterocycles. The maximum Gasteiger partial charge on any atom is 0.236 e. The van der Waals surface area contributed by atoms with Crippen molar-refractivity contribution in [1.29, 1.82) is 0 Å². The summed E-state index contributed by atoms with van der Waals surface area (Å²) in [5, 5.41) is 3.69. The first-order chi connectivity index (χ1) is 8.56. The van der Waals surface area contributed by atoms with Crippen molar-refractivity contribution in [3.05, 3.63) is 29.3 Å². The van der Waals surface area contributed by atoms with Crippen LogP contribution in [0.4, 0.5) is 5.69 Å². The number of carbonyl (C=O) groups is 1. The monoisotopic (exact) mass is 267 g/mol. The summed E-state index contributed by atoms with van der Waals surface area (Å²) in [6.07, 6.45) is 0.946. The summed E-state index contributed by atoms with van der Waals surface area (Å²) in [5.74, 6) is -0.0852. The summed E-state index contributed by atoms with van der Waals surface area (Å²) >= 11 is 5.86. The van der Waals surface area contributed by atoms with Crippen molar-refractivity contribution in [3.63, 3.8) is 0 Å². The summed E-state index contributed by atoms with van der Waals surface area (Å²) < 4.78 is 0. The van der Waals surface area contributed by atoms with Gasteiger partial charge in [-0.05, 0) is 37.6 Å². The molecule has 1 aliphatic heterocycles. The molecule has 2 atom stereocenters.